The Morgan fingerprint density at radius 2 is 2.05 bits per heavy atom. The van der Waals surface area contributed by atoms with Crippen LogP contribution in [0.5, 0.6) is 5.75 Å². The van der Waals surface area contributed by atoms with E-state index in [2.05, 4.69) is 4.98 Å². The molecule has 2 N–H and O–H groups in total. The van der Waals surface area contributed by atoms with Crippen LogP contribution in [-0.2, 0) is 16.1 Å². The quantitative estimate of drug-likeness (QED) is 0.877. The molecule has 1 atom stereocenters. The summed E-state index contributed by atoms with van der Waals surface area (Å²) in [5.74, 6) is 1.25. The lowest BCUT2D eigenvalue weighted by atomic mass is 10.1. The number of aromatic nitrogens is 1. The van der Waals surface area contributed by atoms with Crippen LogP contribution in [0.15, 0.2) is 24.3 Å². The third-order valence-corrected chi connectivity index (χ3v) is 3.06. The molecule has 2 aromatic rings. The van der Waals surface area contributed by atoms with E-state index < -0.39 is 0 Å². The number of nitrogens with two attached hydrogens (primary N) is 1. The van der Waals surface area contributed by atoms with Gasteiger partial charge in [0, 0.05) is 24.1 Å². The van der Waals surface area contributed by atoms with Crippen molar-refractivity contribution in [3.05, 3.63) is 29.8 Å². The summed E-state index contributed by atoms with van der Waals surface area (Å²) in [7, 11) is 3.28. The highest BCUT2D eigenvalue weighted by Gasteiger charge is 2.08. The lowest BCUT2D eigenvalue weighted by Gasteiger charge is -2.13. The van der Waals surface area contributed by atoms with Gasteiger partial charge in [-0.3, -0.25) is 0 Å². The third-order valence-electron chi connectivity index (χ3n) is 3.06. The molecule has 1 aromatic carbocycles. The van der Waals surface area contributed by atoms with E-state index in [1.54, 1.807) is 14.2 Å². The molecular weight excluding hydrogens is 256 g/mol. The summed E-state index contributed by atoms with van der Waals surface area (Å²) < 4.78 is 15.9. The summed E-state index contributed by atoms with van der Waals surface area (Å²) in [6, 6.07) is 7.72. The number of hydrogen-bond donors (Lipinski definition) is 1. The predicted octanol–water partition coefficient (Wildman–Crippen LogP) is 2.38. The number of pyridine rings is 1. The summed E-state index contributed by atoms with van der Waals surface area (Å²) in [6.45, 7) is 2.93. The predicted molar refractivity (Wildman–Crippen MR) is 78.8 cm³/mol. The molecule has 5 heteroatoms. The van der Waals surface area contributed by atoms with E-state index in [1.807, 2.05) is 31.2 Å². The van der Waals surface area contributed by atoms with Gasteiger partial charge in [-0.1, -0.05) is 0 Å². The van der Waals surface area contributed by atoms with E-state index in [9.17, 15) is 0 Å². The highest BCUT2D eigenvalue weighted by Crippen LogP contribution is 2.23. The lowest BCUT2D eigenvalue weighted by molar-refractivity contribution is 0.0000574. The van der Waals surface area contributed by atoms with Crippen molar-refractivity contribution in [1.82, 2.24) is 4.98 Å². The van der Waals surface area contributed by atoms with E-state index >= 15 is 0 Å². The third kappa shape index (κ3) is 3.37. The maximum atomic E-state index is 5.98. The van der Waals surface area contributed by atoms with Gasteiger partial charge in [0.05, 0.1) is 31.9 Å². The lowest BCUT2D eigenvalue weighted by Crippen LogP contribution is -2.15. The fourth-order valence-electron chi connectivity index (χ4n) is 1.96. The molecule has 0 aliphatic rings. The summed E-state index contributed by atoms with van der Waals surface area (Å²) in [4.78, 5) is 4.39. The average molecular weight is 276 g/mol. The van der Waals surface area contributed by atoms with Gasteiger partial charge in [0.2, 0.25) is 0 Å². The van der Waals surface area contributed by atoms with E-state index in [4.69, 9.17) is 19.9 Å². The molecule has 0 saturated carbocycles. The standard InChI is InChI=1S/C15H20N2O3/c1-10(8-18-2)20-9-12-6-11-4-5-13(19-3)7-14(11)17-15(12)16/h4-7,10H,8-9H2,1-3H3,(H2,16,17). The van der Waals surface area contributed by atoms with Gasteiger partial charge < -0.3 is 19.9 Å². The molecular formula is C15H20N2O3. The molecule has 0 saturated heterocycles. The molecule has 0 fully saturated rings. The maximum absolute atomic E-state index is 5.98. The SMILES string of the molecule is COCC(C)OCc1cc2ccc(OC)cc2nc1N. The molecule has 1 heterocycles. The summed E-state index contributed by atoms with van der Waals surface area (Å²) in [5, 5.41) is 1.01. The summed E-state index contributed by atoms with van der Waals surface area (Å²) in [5.41, 5.74) is 7.67. The molecule has 20 heavy (non-hydrogen) atoms. The van der Waals surface area contributed by atoms with E-state index in [0.29, 0.717) is 19.0 Å². The van der Waals surface area contributed by atoms with Crippen LogP contribution in [0.1, 0.15) is 12.5 Å². The van der Waals surface area contributed by atoms with Crippen molar-refractivity contribution >= 4 is 16.7 Å². The van der Waals surface area contributed by atoms with Gasteiger partial charge in [-0.05, 0) is 25.1 Å². The largest absolute Gasteiger partial charge is 0.497 e. The fourth-order valence-corrected chi connectivity index (χ4v) is 1.96. The van der Waals surface area contributed by atoms with E-state index in [-0.39, 0.29) is 6.10 Å². The molecule has 0 aliphatic carbocycles. The first-order valence-electron chi connectivity index (χ1n) is 6.47. The van der Waals surface area contributed by atoms with Crippen LogP contribution in [0.4, 0.5) is 5.82 Å². The van der Waals surface area contributed by atoms with Gasteiger partial charge >= 0.3 is 0 Å². The normalized spacial score (nSPS) is 12.6. The molecule has 0 radical (unpaired) electrons. The Hall–Kier alpha value is -1.85. The minimum absolute atomic E-state index is 0.0194. The van der Waals surface area contributed by atoms with Crippen molar-refractivity contribution in [2.45, 2.75) is 19.6 Å². The second-order valence-corrected chi connectivity index (χ2v) is 4.67. The first-order chi connectivity index (χ1) is 9.63. The highest BCUT2D eigenvalue weighted by molar-refractivity contribution is 5.82. The van der Waals surface area contributed by atoms with Crippen LogP contribution in [0.25, 0.3) is 10.9 Å². The number of rotatable bonds is 6. The monoisotopic (exact) mass is 276 g/mol. The van der Waals surface area contributed by atoms with Crippen molar-refractivity contribution in [2.24, 2.45) is 0 Å². The summed E-state index contributed by atoms with van der Waals surface area (Å²) in [6.07, 6.45) is 0.0194. The number of hydrogen-bond acceptors (Lipinski definition) is 5. The van der Waals surface area contributed by atoms with Crippen LogP contribution in [0.3, 0.4) is 0 Å². The Kier molecular flexibility index (Phi) is 4.76. The number of methoxy groups -OCH3 is 2. The van der Waals surface area contributed by atoms with Crippen LogP contribution in [-0.4, -0.2) is 31.9 Å². The minimum atomic E-state index is 0.0194. The van der Waals surface area contributed by atoms with Crippen molar-refractivity contribution in [2.75, 3.05) is 26.6 Å². The number of benzene rings is 1. The van der Waals surface area contributed by atoms with Gasteiger partial charge in [-0.2, -0.15) is 0 Å². The van der Waals surface area contributed by atoms with Crippen molar-refractivity contribution in [3.8, 4) is 5.75 Å². The fraction of sp³-hybridized carbons (Fsp3) is 0.400. The van der Waals surface area contributed by atoms with Crippen LogP contribution < -0.4 is 10.5 Å². The second-order valence-electron chi connectivity index (χ2n) is 4.67. The zero-order chi connectivity index (χ0) is 14.5. The van der Waals surface area contributed by atoms with Crippen LogP contribution in [0.2, 0.25) is 0 Å². The highest BCUT2D eigenvalue weighted by atomic mass is 16.5. The zero-order valence-electron chi connectivity index (χ0n) is 12.1. The van der Waals surface area contributed by atoms with Crippen molar-refractivity contribution < 1.29 is 14.2 Å². The maximum Gasteiger partial charge on any atom is 0.129 e. The molecule has 1 aromatic heterocycles. The molecule has 0 spiro atoms. The van der Waals surface area contributed by atoms with Gasteiger partial charge in [-0.25, -0.2) is 4.98 Å². The van der Waals surface area contributed by atoms with Crippen molar-refractivity contribution in [1.29, 1.82) is 0 Å². The number of ether oxygens (including phenoxy) is 3. The molecule has 0 aliphatic heterocycles. The number of nitrogen functional groups attached to an aromatic ring is 1. The van der Waals surface area contributed by atoms with Gasteiger partial charge in [0.25, 0.3) is 0 Å². The average Bonchev–Trinajstić information content (AvgIpc) is 2.44. The topological polar surface area (TPSA) is 66.6 Å². The van der Waals surface area contributed by atoms with Gasteiger partial charge in [0.15, 0.2) is 0 Å². The number of anilines is 1. The number of fused-ring (bicyclic) bond motifs is 1. The molecule has 1 unspecified atom stereocenters. The Morgan fingerprint density at radius 3 is 2.75 bits per heavy atom. The first kappa shape index (κ1) is 14.6. The van der Waals surface area contributed by atoms with Crippen molar-refractivity contribution in [3.63, 3.8) is 0 Å². The van der Waals surface area contributed by atoms with E-state index in [0.717, 1.165) is 22.2 Å². The first-order valence-corrected chi connectivity index (χ1v) is 6.47. The molecule has 5 nitrogen and oxygen atoms in total. The second kappa shape index (κ2) is 6.54. The molecule has 0 bridgehead atoms. The van der Waals surface area contributed by atoms with Gasteiger partial charge in [-0.15, -0.1) is 0 Å². The molecule has 108 valence electrons. The molecule has 0 amide bonds. The Bertz CT molecular complexity index is 587. The van der Waals surface area contributed by atoms with Gasteiger partial charge in [0.1, 0.15) is 11.6 Å². The molecule has 2 rings (SSSR count). The Balaban J connectivity index is 2.20. The number of nitrogens with zero attached hydrogens (tertiary/aromatic N) is 1. The van der Waals surface area contributed by atoms with E-state index in [1.165, 1.54) is 0 Å². The summed E-state index contributed by atoms with van der Waals surface area (Å²) >= 11 is 0. The Labute approximate surface area is 118 Å². The Morgan fingerprint density at radius 1 is 1.25 bits per heavy atom. The van der Waals surface area contributed by atoms with Crippen LogP contribution >= 0.6 is 0 Å². The smallest absolute Gasteiger partial charge is 0.129 e. The minimum Gasteiger partial charge on any atom is -0.497 e. The zero-order valence-corrected chi connectivity index (χ0v) is 12.1. The van der Waals surface area contributed by atoms with Crippen LogP contribution in [0, 0.1) is 0 Å².